The van der Waals surface area contributed by atoms with Crippen LogP contribution in [0.2, 0.25) is 0 Å². The molecule has 19 heavy (non-hydrogen) atoms. The third-order valence-electron chi connectivity index (χ3n) is 2.73. The first-order valence-electron chi connectivity index (χ1n) is 5.78. The predicted molar refractivity (Wildman–Crippen MR) is 72.1 cm³/mol. The van der Waals surface area contributed by atoms with E-state index in [1.165, 1.54) is 6.07 Å². The first-order valence-corrected chi connectivity index (χ1v) is 8.09. The second kappa shape index (κ2) is 6.34. The molecule has 0 aliphatic carbocycles. The van der Waals surface area contributed by atoms with Crippen LogP contribution in [0.5, 0.6) is 0 Å². The van der Waals surface area contributed by atoms with Crippen molar-refractivity contribution in [3.63, 3.8) is 0 Å². The summed E-state index contributed by atoms with van der Waals surface area (Å²) in [5.74, 6) is -0.945. The quantitative estimate of drug-likeness (QED) is 0.850. The smallest absolute Gasteiger partial charge is 0.261 e. The van der Waals surface area contributed by atoms with Crippen molar-refractivity contribution in [1.82, 2.24) is 0 Å². The lowest BCUT2D eigenvalue weighted by Crippen LogP contribution is -2.15. The number of anilines is 1. The Bertz CT molecular complexity index is 574. The lowest BCUT2D eigenvalue weighted by molar-refractivity contribution is -0.117. The minimum absolute atomic E-state index is 0.0580. The van der Waals surface area contributed by atoms with E-state index in [1.807, 2.05) is 13.8 Å². The number of nitrogens with one attached hydrogen (secondary N) is 1. The highest BCUT2D eigenvalue weighted by Gasteiger charge is 2.15. The van der Waals surface area contributed by atoms with Gasteiger partial charge in [0.1, 0.15) is 5.82 Å². The van der Waals surface area contributed by atoms with Gasteiger partial charge in [0.25, 0.3) is 9.05 Å². The van der Waals surface area contributed by atoms with Crippen LogP contribution in [0, 0.1) is 11.7 Å². The Hall–Kier alpha value is -1.14. The third kappa shape index (κ3) is 4.80. The number of carbonyl (C=O) groups is 1. The molecule has 0 saturated carbocycles. The maximum absolute atomic E-state index is 13.6. The molecular weight excluding hydrogens is 293 g/mol. The Morgan fingerprint density at radius 1 is 1.47 bits per heavy atom. The van der Waals surface area contributed by atoms with E-state index in [2.05, 4.69) is 5.32 Å². The molecule has 0 bridgehead atoms. The number of amides is 1. The van der Waals surface area contributed by atoms with Gasteiger partial charge in [-0.05, 0) is 24.1 Å². The molecule has 1 unspecified atom stereocenters. The van der Waals surface area contributed by atoms with E-state index in [0.29, 0.717) is 0 Å². The molecule has 1 rings (SSSR count). The molecule has 0 heterocycles. The van der Waals surface area contributed by atoms with Crippen LogP contribution in [0.25, 0.3) is 0 Å². The first kappa shape index (κ1) is 15.9. The van der Waals surface area contributed by atoms with Gasteiger partial charge in [0.15, 0.2) is 0 Å². The first-order chi connectivity index (χ1) is 8.74. The average molecular weight is 308 g/mol. The van der Waals surface area contributed by atoms with Crippen molar-refractivity contribution in [3.05, 3.63) is 24.0 Å². The molecule has 7 heteroatoms. The molecule has 1 N–H and O–H groups in total. The molecule has 0 aliphatic heterocycles. The fourth-order valence-electron chi connectivity index (χ4n) is 1.41. The maximum atomic E-state index is 13.6. The summed E-state index contributed by atoms with van der Waals surface area (Å²) < 4.78 is 35.7. The monoisotopic (exact) mass is 307 g/mol. The Labute approximate surface area is 116 Å². The second-order valence-electron chi connectivity index (χ2n) is 4.35. The third-order valence-corrected chi connectivity index (χ3v) is 4.08. The molecule has 0 saturated heterocycles. The predicted octanol–water partition coefficient (Wildman–Crippen LogP) is 3.13. The SMILES string of the molecule is CCC(C)CC(=O)Nc1ccc(S(=O)(=O)Cl)cc1F. The molecule has 106 valence electrons. The Morgan fingerprint density at radius 3 is 2.58 bits per heavy atom. The normalized spacial score (nSPS) is 13.1. The Morgan fingerprint density at radius 2 is 2.11 bits per heavy atom. The highest BCUT2D eigenvalue weighted by molar-refractivity contribution is 8.13. The average Bonchev–Trinajstić information content (AvgIpc) is 2.30. The lowest BCUT2D eigenvalue weighted by atomic mass is 10.1. The number of carbonyl (C=O) groups excluding carboxylic acids is 1. The molecule has 1 amide bonds. The van der Waals surface area contributed by atoms with Gasteiger partial charge in [-0.25, -0.2) is 12.8 Å². The van der Waals surface area contributed by atoms with Crippen LogP contribution < -0.4 is 5.32 Å². The van der Waals surface area contributed by atoms with Crippen LogP contribution in [0.15, 0.2) is 23.1 Å². The molecule has 1 atom stereocenters. The lowest BCUT2D eigenvalue weighted by Gasteiger charge is -2.10. The van der Waals surface area contributed by atoms with Gasteiger partial charge in [-0.1, -0.05) is 20.3 Å². The van der Waals surface area contributed by atoms with Crippen molar-refractivity contribution in [3.8, 4) is 0 Å². The van der Waals surface area contributed by atoms with E-state index in [0.717, 1.165) is 18.6 Å². The van der Waals surface area contributed by atoms with Crippen LogP contribution in [-0.4, -0.2) is 14.3 Å². The van der Waals surface area contributed by atoms with E-state index >= 15 is 0 Å². The molecular formula is C12H15ClFNO3S. The van der Waals surface area contributed by atoms with Crippen molar-refractivity contribution in [2.45, 2.75) is 31.6 Å². The van der Waals surface area contributed by atoms with Gasteiger partial charge < -0.3 is 5.32 Å². The summed E-state index contributed by atoms with van der Waals surface area (Å²) in [6, 6.07) is 3.10. The molecule has 0 aromatic heterocycles. The molecule has 0 spiro atoms. The largest absolute Gasteiger partial charge is 0.324 e. The van der Waals surface area contributed by atoms with Crippen molar-refractivity contribution in [1.29, 1.82) is 0 Å². The zero-order valence-corrected chi connectivity index (χ0v) is 12.2. The minimum Gasteiger partial charge on any atom is -0.324 e. The summed E-state index contributed by atoms with van der Waals surface area (Å²) in [5, 5.41) is 2.40. The molecule has 4 nitrogen and oxygen atoms in total. The van der Waals surface area contributed by atoms with Gasteiger partial charge in [-0.15, -0.1) is 0 Å². The second-order valence-corrected chi connectivity index (χ2v) is 6.91. The van der Waals surface area contributed by atoms with Gasteiger partial charge in [0.2, 0.25) is 5.91 Å². The molecule has 1 aromatic rings. The van der Waals surface area contributed by atoms with Gasteiger partial charge in [-0.2, -0.15) is 0 Å². The number of benzene rings is 1. The zero-order chi connectivity index (χ0) is 14.6. The Kier molecular flexibility index (Phi) is 5.31. The van der Waals surface area contributed by atoms with Gasteiger partial charge >= 0.3 is 0 Å². The van der Waals surface area contributed by atoms with Crippen molar-refractivity contribution in [2.24, 2.45) is 5.92 Å². The van der Waals surface area contributed by atoms with Crippen LogP contribution in [0.4, 0.5) is 10.1 Å². The van der Waals surface area contributed by atoms with Crippen molar-refractivity contribution < 1.29 is 17.6 Å². The molecule has 0 fully saturated rings. The standard InChI is InChI=1S/C12H15ClFNO3S/c1-3-8(2)6-12(16)15-11-5-4-9(7-10(11)14)19(13,17)18/h4-5,7-8H,3,6H2,1-2H3,(H,15,16). The number of hydrogen-bond donors (Lipinski definition) is 1. The summed E-state index contributed by atoms with van der Waals surface area (Å²) in [6.07, 6.45) is 1.13. The summed E-state index contributed by atoms with van der Waals surface area (Å²) in [5.41, 5.74) is -0.0580. The summed E-state index contributed by atoms with van der Waals surface area (Å²) in [7, 11) is 1.12. The van der Waals surface area contributed by atoms with Crippen LogP contribution in [-0.2, 0) is 13.8 Å². The fourth-order valence-corrected chi connectivity index (χ4v) is 2.17. The number of hydrogen-bond acceptors (Lipinski definition) is 3. The number of halogens is 2. The fraction of sp³-hybridized carbons (Fsp3) is 0.417. The van der Waals surface area contributed by atoms with Crippen LogP contribution >= 0.6 is 10.7 Å². The van der Waals surface area contributed by atoms with Crippen molar-refractivity contribution in [2.75, 3.05) is 5.32 Å². The van der Waals surface area contributed by atoms with E-state index in [-0.39, 0.29) is 28.8 Å². The summed E-state index contributed by atoms with van der Waals surface area (Å²) in [6.45, 7) is 3.87. The van der Waals surface area contributed by atoms with Crippen LogP contribution in [0.1, 0.15) is 26.7 Å². The van der Waals surface area contributed by atoms with Crippen LogP contribution in [0.3, 0.4) is 0 Å². The highest BCUT2D eigenvalue weighted by Crippen LogP contribution is 2.22. The van der Waals surface area contributed by atoms with Gasteiger partial charge in [0.05, 0.1) is 10.6 Å². The summed E-state index contributed by atoms with van der Waals surface area (Å²) >= 11 is 0. The highest BCUT2D eigenvalue weighted by atomic mass is 35.7. The topological polar surface area (TPSA) is 63.2 Å². The molecule has 0 radical (unpaired) electrons. The van der Waals surface area contributed by atoms with Gasteiger partial charge in [-0.3, -0.25) is 4.79 Å². The zero-order valence-electron chi connectivity index (χ0n) is 10.6. The van der Waals surface area contributed by atoms with E-state index in [1.54, 1.807) is 0 Å². The molecule has 0 aliphatic rings. The molecule has 1 aromatic carbocycles. The van der Waals surface area contributed by atoms with E-state index < -0.39 is 14.9 Å². The maximum Gasteiger partial charge on any atom is 0.261 e. The number of rotatable bonds is 5. The van der Waals surface area contributed by atoms with E-state index in [9.17, 15) is 17.6 Å². The minimum atomic E-state index is -3.97. The Balaban J connectivity index is 2.84. The van der Waals surface area contributed by atoms with Gasteiger partial charge in [0, 0.05) is 17.1 Å². The summed E-state index contributed by atoms with van der Waals surface area (Å²) in [4.78, 5) is 11.3. The van der Waals surface area contributed by atoms with Crippen molar-refractivity contribution >= 4 is 31.3 Å². The van der Waals surface area contributed by atoms with E-state index in [4.69, 9.17) is 10.7 Å².